The number of para-hydroxylation sites is 1. The van der Waals surface area contributed by atoms with E-state index in [1.807, 2.05) is 12.1 Å². The molecule has 0 bridgehead atoms. The highest BCUT2D eigenvalue weighted by Gasteiger charge is 2.59. The Morgan fingerprint density at radius 2 is 1.66 bits per heavy atom. The largest absolute Gasteiger partial charge is 0.573 e. The van der Waals surface area contributed by atoms with E-state index in [1.165, 1.54) is 38.5 Å². The molecular formula is C34H30ClF3N4O7S. The number of methoxy groups -OCH3 is 2. The number of halogens is 4. The fraction of sp³-hybridized carbons (Fsp3) is 0.265. The topological polar surface area (TPSA) is 119 Å². The van der Waals surface area contributed by atoms with Crippen LogP contribution in [0.25, 0.3) is 0 Å². The van der Waals surface area contributed by atoms with Crippen LogP contribution < -0.4 is 23.4 Å². The first kappa shape index (κ1) is 34.8. The molecule has 0 saturated carbocycles. The molecule has 0 spiro atoms. The molecule has 0 aliphatic carbocycles. The van der Waals surface area contributed by atoms with Crippen molar-refractivity contribution in [2.24, 2.45) is 0 Å². The van der Waals surface area contributed by atoms with E-state index < -0.39 is 50.7 Å². The van der Waals surface area contributed by atoms with Gasteiger partial charge in [-0.3, -0.25) is 14.6 Å². The molecule has 16 heteroatoms. The van der Waals surface area contributed by atoms with E-state index in [0.717, 1.165) is 23.9 Å². The van der Waals surface area contributed by atoms with Crippen LogP contribution in [0.15, 0.2) is 90.1 Å². The molecule has 1 saturated heterocycles. The number of nitrogens with zero attached hydrogens (tertiary/aromatic N) is 4. The number of carbonyl (C=O) groups excluding carboxylic acids is 2. The number of amides is 2. The molecule has 2 aliphatic rings. The Balaban J connectivity index is 1.47. The number of hydrogen-bond acceptors (Lipinski definition) is 9. The van der Waals surface area contributed by atoms with Crippen LogP contribution >= 0.6 is 11.6 Å². The number of rotatable bonds is 9. The van der Waals surface area contributed by atoms with Crippen molar-refractivity contribution in [3.05, 3.63) is 101 Å². The zero-order valence-corrected chi connectivity index (χ0v) is 28.3. The molecule has 262 valence electrons. The van der Waals surface area contributed by atoms with Gasteiger partial charge in [-0.1, -0.05) is 29.8 Å². The van der Waals surface area contributed by atoms with Gasteiger partial charge in [0.25, 0.3) is 15.9 Å². The van der Waals surface area contributed by atoms with E-state index in [0.29, 0.717) is 30.5 Å². The number of ether oxygens (including phenoxy) is 3. The van der Waals surface area contributed by atoms with E-state index in [4.69, 9.17) is 21.1 Å². The Labute approximate surface area is 290 Å². The second-order valence-electron chi connectivity index (χ2n) is 11.5. The monoisotopic (exact) mass is 730 g/mol. The lowest BCUT2D eigenvalue weighted by Gasteiger charge is -2.38. The number of benzene rings is 3. The second-order valence-corrected chi connectivity index (χ2v) is 13.6. The van der Waals surface area contributed by atoms with Crippen LogP contribution in [-0.4, -0.2) is 76.9 Å². The minimum atomic E-state index is -5.29. The van der Waals surface area contributed by atoms with Crippen molar-refractivity contribution >= 4 is 44.8 Å². The fourth-order valence-electron chi connectivity index (χ4n) is 6.41. The highest BCUT2D eigenvalue weighted by atomic mass is 35.5. The second kappa shape index (κ2) is 13.4. The van der Waals surface area contributed by atoms with Crippen molar-refractivity contribution in [2.75, 3.05) is 49.6 Å². The third-order valence-corrected chi connectivity index (χ3v) is 10.7. The van der Waals surface area contributed by atoms with Crippen LogP contribution in [0.4, 0.5) is 24.5 Å². The number of hydrogen-bond donors (Lipinski definition) is 0. The van der Waals surface area contributed by atoms with Gasteiger partial charge in [-0.2, -0.15) is 0 Å². The summed E-state index contributed by atoms with van der Waals surface area (Å²) >= 11 is 6.45. The molecular weight excluding hydrogens is 701 g/mol. The molecule has 50 heavy (non-hydrogen) atoms. The van der Waals surface area contributed by atoms with Gasteiger partial charge in [0.05, 0.1) is 31.8 Å². The van der Waals surface area contributed by atoms with Gasteiger partial charge in [-0.05, 0) is 54.1 Å². The van der Waals surface area contributed by atoms with Gasteiger partial charge in [0.15, 0.2) is 5.75 Å². The highest BCUT2D eigenvalue weighted by molar-refractivity contribution is 7.93. The molecule has 6 rings (SSSR count). The smallest absolute Gasteiger partial charge is 0.497 e. The lowest BCUT2D eigenvalue weighted by Crippen LogP contribution is -2.52. The first-order chi connectivity index (χ1) is 23.8. The van der Waals surface area contributed by atoms with Crippen molar-refractivity contribution in [2.45, 2.75) is 23.1 Å². The molecule has 2 amide bonds. The molecule has 1 fully saturated rings. The molecule has 0 N–H and O–H groups in total. The summed E-state index contributed by atoms with van der Waals surface area (Å²) in [5, 5.41) is 0.123. The Kier molecular flexibility index (Phi) is 9.31. The van der Waals surface area contributed by atoms with Gasteiger partial charge >= 0.3 is 6.36 Å². The Hall–Kier alpha value is -5.02. The highest BCUT2D eigenvalue weighted by Crippen LogP contribution is 2.54. The number of piperazine rings is 1. The summed E-state index contributed by atoms with van der Waals surface area (Å²) in [4.78, 5) is 36.1. The van der Waals surface area contributed by atoms with E-state index >= 15 is 4.79 Å². The third kappa shape index (κ3) is 6.26. The van der Waals surface area contributed by atoms with Crippen LogP contribution in [0.5, 0.6) is 17.2 Å². The quantitative estimate of drug-likeness (QED) is 0.223. The van der Waals surface area contributed by atoms with E-state index in [1.54, 1.807) is 35.5 Å². The number of fused-ring (bicyclic) bond motifs is 1. The molecule has 4 aromatic rings. The maximum Gasteiger partial charge on any atom is 0.573 e. The maximum absolute atomic E-state index is 15.0. The molecule has 1 aromatic heterocycles. The van der Waals surface area contributed by atoms with Gasteiger partial charge in [0, 0.05) is 55.4 Å². The minimum absolute atomic E-state index is 0.0530. The van der Waals surface area contributed by atoms with Crippen molar-refractivity contribution in [1.82, 2.24) is 9.88 Å². The summed E-state index contributed by atoms with van der Waals surface area (Å²) < 4.78 is 84.7. The third-order valence-electron chi connectivity index (χ3n) is 8.71. The van der Waals surface area contributed by atoms with Crippen LogP contribution in [0, 0.1) is 0 Å². The average molecular weight is 731 g/mol. The molecule has 11 nitrogen and oxygen atoms in total. The van der Waals surface area contributed by atoms with Gasteiger partial charge in [-0.25, -0.2) is 12.7 Å². The van der Waals surface area contributed by atoms with Crippen LogP contribution in [-0.2, 0) is 25.0 Å². The molecule has 1 unspecified atom stereocenters. The first-order valence-corrected chi connectivity index (χ1v) is 17.0. The molecule has 2 aliphatic heterocycles. The SMILES string of the molecule is COc1ccc(S(=O)(=O)N2C(=O)C(CC(=O)N3CCN(c4cccnc4)CC3)(c3ccccc3OC)c3cc(Cl)ccc32)c(OC(F)(F)F)c1. The summed E-state index contributed by atoms with van der Waals surface area (Å²) in [6, 6.07) is 16.8. The normalized spacial score (nSPS) is 17.8. The fourth-order valence-corrected chi connectivity index (χ4v) is 8.17. The van der Waals surface area contributed by atoms with E-state index in [2.05, 4.69) is 14.6 Å². The van der Waals surface area contributed by atoms with Crippen LogP contribution in [0.2, 0.25) is 5.02 Å². The van der Waals surface area contributed by atoms with Crippen molar-refractivity contribution in [3.8, 4) is 17.2 Å². The van der Waals surface area contributed by atoms with E-state index in [-0.39, 0.29) is 33.3 Å². The average Bonchev–Trinajstić information content (AvgIpc) is 3.35. The summed E-state index contributed by atoms with van der Waals surface area (Å²) in [6.45, 7) is 1.52. The summed E-state index contributed by atoms with van der Waals surface area (Å²) in [5.74, 6) is -2.65. The van der Waals surface area contributed by atoms with Crippen molar-refractivity contribution in [3.63, 3.8) is 0 Å². The lowest BCUT2D eigenvalue weighted by molar-refractivity contribution is -0.275. The number of alkyl halides is 3. The zero-order chi connectivity index (χ0) is 35.8. The Morgan fingerprint density at radius 3 is 2.32 bits per heavy atom. The summed E-state index contributed by atoms with van der Waals surface area (Å²) in [5.41, 5.74) is -1.13. The minimum Gasteiger partial charge on any atom is -0.497 e. The Morgan fingerprint density at radius 1 is 0.920 bits per heavy atom. The van der Waals surface area contributed by atoms with Gasteiger partial charge in [0.2, 0.25) is 5.91 Å². The van der Waals surface area contributed by atoms with Crippen LogP contribution in [0.1, 0.15) is 17.5 Å². The first-order valence-electron chi connectivity index (χ1n) is 15.2. The predicted octanol–water partition coefficient (Wildman–Crippen LogP) is 5.41. The summed E-state index contributed by atoms with van der Waals surface area (Å²) in [6.07, 6.45) is -2.46. The van der Waals surface area contributed by atoms with Gasteiger partial charge < -0.3 is 24.0 Å². The molecule has 0 radical (unpaired) electrons. The number of anilines is 2. The van der Waals surface area contributed by atoms with E-state index in [9.17, 15) is 26.4 Å². The molecule has 1 atom stereocenters. The zero-order valence-electron chi connectivity index (χ0n) is 26.7. The predicted molar refractivity (Wildman–Crippen MR) is 177 cm³/mol. The number of sulfonamides is 1. The Bertz CT molecular complexity index is 2040. The number of carbonyl (C=O) groups is 2. The lowest BCUT2D eigenvalue weighted by atomic mass is 9.72. The van der Waals surface area contributed by atoms with Gasteiger partial charge in [-0.15, -0.1) is 13.2 Å². The van der Waals surface area contributed by atoms with Crippen molar-refractivity contribution < 1.29 is 45.4 Å². The standard InChI is InChI=1S/C34H30ClF3N4O7S/c1-47-24-10-12-30(29(19-24)49-34(36,37)38)50(45,46)42-27-11-9-22(35)18-26(27)33(32(42)44,25-7-3-4-8-28(25)48-2)20-31(43)41-16-14-40(15-17-41)23-6-5-13-39-21-23/h3-13,18-19,21H,14-17,20H2,1-2H3. The van der Waals surface area contributed by atoms with Crippen molar-refractivity contribution in [1.29, 1.82) is 0 Å². The van der Waals surface area contributed by atoms with Crippen LogP contribution in [0.3, 0.4) is 0 Å². The maximum atomic E-state index is 15.0. The molecule has 3 heterocycles. The van der Waals surface area contributed by atoms with Gasteiger partial charge in [0.1, 0.15) is 21.8 Å². The number of pyridine rings is 1. The summed E-state index contributed by atoms with van der Waals surface area (Å²) in [7, 11) is -2.62. The number of aromatic nitrogens is 1. The molecule has 3 aromatic carbocycles.